The molecule has 3 rings (SSSR count). The van der Waals surface area contributed by atoms with Gasteiger partial charge in [-0.25, -0.2) is 0 Å². The van der Waals surface area contributed by atoms with E-state index in [9.17, 15) is 9.90 Å². The molecule has 1 N–H and O–H groups in total. The molecule has 0 aliphatic heterocycles. The van der Waals surface area contributed by atoms with Gasteiger partial charge >= 0.3 is 5.97 Å². The zero-order chi connectivity index (χ0) is 16.1. The summed E-state index contributed by atoms with van der Waals surface area (Å²) in [4.78, 5) is 12.0. The molecule has 3 fully saturated rings. The molecule has 0 aromatic heterocycles. The molecule has 3 aliphatic carbocycles. The van der Waals surface area contributed by atoms with Crippen LogP contribution in [0.25, 0.3) is 0 Å². The topological polar surface area (TPSA) is 37.3 Å². The maximum Gasteiger partial charge on any atom is 0.309 e. The van der Waals surface area contributed by atoms with E-state index in [0.29, 0.717) is 23.7 Å². The average molecular weight is 302 g/mol. The highest BCUT2D eigenvalue weighted by Crippen LogP contribution is 2.65. The minimum absolute atomic E-state index is 0.177. The predicted molar refractivity (Wildman–Crippen MR) is 89.5 cm³/mol. The Labute approximate surface area is 134 Å². The normalized spacial score (nSPS) is 48.2. The summed E-state index contributed by atoms with van der Waals surface area (Å²) in [5.74, 6) is 1.45. The summed E-state index contributed by atoms with van der Waals surface area (Å²) in [5, 5.41) is 9.86. The first-order valence-corrected chi connectivity index (χ1v) is 8.88. The van der Waals surface area contributed by atoms with Gasteiger partial charge in [0, 0.05) is 5.92 Å². The molecule has 2 nitrogen and oxygen atoms in total. The molecule has 6 atom stereocenters. The summed E-state index contributed by atoms with van der Waals surface area (Å²) in [5.41, 5.74) is 0.988. The SMILES string of the molecule is C=C[C@H]1C(=C)CC[C@@H]2[C@H]1CC[C@@H]1[C@]2(C)CCC[C@@]1(C)C(=O)O. The van der Waals surface area contributed by atoms with E-state index < -0.39 is 11.4 Å². The minimum Gasteiger partial charge on any atom is -0.481 e. The third kappa shape index (κ3) is 2.02. The summed E-state index contributed by atoms with van der Waals surface area (Å²) < 4.78 is 0. The second-order valence-electron chi connectivity index (χ2n) is 8.44. The van der Waals surface area contributed by atoms with Crippen LogP contribution >= 0.6 is 0 Å². The van der Waals surface area contributed by atoms with Gasteiger partial charge in [0.1, 0.15) is 0 Å². The summed E-state index contributed by atoms with van der Waals surface area (Å²) in [6, 6.07) is 0. The van der Waals surface area contributed by atoms with Crippen molar-refractivity contribution in [3.05, 3.63) is 24.8 Å². The number of hydrogen-bond donors (Lipinski definition) is 1. The lowest BCUT2D eigenvalue weighted by molar-refractivity contribution is -0.172. The minimum atomic E-state index is -0.581. The lowest BCUT2D eigenvalue weighted by Gasteiger charge is -2.61. The molecule has 0 heterocycles. The maximum absolute atomic E-state index is 12.0. The van der Waals surface area contributed by atoms with Crippen molar-refractivity contribution in [3.63, 3.8) is 0 Å². The highest BCUT2D eigenvalue weighted by atomic mass is 16.4. The average Bonchev–Trinajstić information content (AvgIpc) is 2.46. The highest BCUT2D eigenvalue weighted by molar-refractivity contribution is 5.75. The summed E-state index contributed by atoms with van der Waals surface area (Å²) >= 11 is 0. The van der Waals surface area contributed by atoms with E-state index in [1.807, 2.05) is 6.92 Å². The van der Waals surface area contributed by atoms with Crippen LogP contribution in [-0.4, -0.2) is 11.1 Å². The van der Waals surface area contributed by atoms with Gasteiger partial charge in [0.2, 0.25) is 0 Å². The monoisotopic (exact) mass is 302 g/mol. The Bertz CT molecular complexity index is 508. The molecule has 0 aromatic rings. The van der Waals surface area contributed by atoms with Gasteiger partial charge < -0.3 is 5.11 Å². The van der Waals surface area contributed by atoms with Gasteiger partial charge in [-0.15, -0.1) is 6.58 Å². The molecule has 3 aliphatic rings. The Kier molecular flexibility index (Phi) is 3.78. The third-order valence-electron chi connectivity index (χ3n) is 7.58. The van der Waals surface area contributed by atoms with Crippen LogP contribution in [0.4, 0.5) is 0 Å². The number of fused-ring (bicyclic) bond motifs is 3. The van der Waals surface area contributed by atoms with Crippen molar-refractivity contribution in [2.24, 2.45) is 34.5 Å². The second kappa shape index (κ2) is 5.25. The fourth-order valence-electron chi connectivity index (χ4n) is 6.44. The molecular weight excluding hydrogens is 272 g/mol. The maximum atomic E-state index is 12.0. The Balaban J connectivity index is 1.97. The molecule has 0 amide bonds. The number of aliphatic carboxylic acids is 1. The number of carboxylic acids is 1. The van der Waals surface area contributed by atoms with Crippen LogP contribution in [0.2, 0.25) is 0 Å². The first-order valence-electron chi connectivity index (χ1n) is 8.88. The van der Waals surface area contributed by atoms with Crippen LogP contribution in [0.5, 0.6) is 0 Å². The van der Waals surface area contributed by atoms with Crippen LogP contribution in [0.1, 0.15) is 58.8 Å². The molecule has 2 heteroatoms. The Morgan fingerprint density at radius 2 is 2.00 bits per heavy atom. The number of allylic oxidation sites excluding steroid dienone is 2. The Morgan fingerprint density at radius 3 is 2.64 bits per heavy atom. The van der Waals surface area contributed by atoms with Crippen molar-refractivity contribution in [1.29, 1.82) is 0 Å². The van der Waals surface area contributed by atoms with Crippen molar-refractivity contribution in [2.45, 2.75) is 58.8 Å². The van der Waals surface area contributed by atoms with Gasteiger partial charge in [-0.1, -0.05) is 31.6 Å². The van der Waals surface area contributed by atoms with Crippen LogP contribution < -0.4 is 0 Å². The zero-order valence-corrected chi connectivity index (χ0v) is 14.1. The molecule has 0 radical (unpaired) electrons. The van der Waals surface area contributed by atoms with Gasteiger partial charge in [-0.3, -0.25) is 4.79 Å². The fraction of sp³-hybridized carbons (Fsp3) is 0.750. The van der Waals surface area contributed by atoms with Crippen molar-refractivity contribution < 1.29 is 9.90 Å². The second-order valence-corrected chi connectivity index (χ2v) is 8.44. The molecule has 0 spiro atoms. The van der Waals surface area contributed by atoms with Gasteiger partial charge in [-0.2, -0.15) is 0 Å². The van der Waals surface area contributed by atoms with E-state index in [4.69, 9.17) is 0 Å². The Hall–Kier alpha value is -1.05. The first-order chi connectivity index (χ1) is 10.3. The number of rotatable bonds is 2. The van der Waals surface area contributed by atoms with E-state index in [1.165, 1.54) is 18.4 Å². The van der Waals surface area contributed by atoms with Crippen molar-refractivity contribution in [1.82, 2.24) is 0 Å². The van der Waals surface area contributed by atoms with E-state index in [0.717, 1.165) is 32.1 Å². The Morgan fingerprint density at radius 1 is 1.27 bits per heavy atom. The quantitative estimate of drug-likeness (QED) is 0.724. The van der Waals surface area contributed by atoms with Crippen molar-refractivity contribution in [2.75, 3.05) is 0 Å². The largest absolute Gasteiger partial charge is 0.481 e. The summed E-state index contributed by atoms with van der Waals surface area (Å²) in [7, 11) is 0. The van der Waals surface area contributed by atoms with Gasteiger partial charge in [-0.05, 0) is 68.6 Å². The van der Waals surface area contributed by atoms with E-state index in [1.54, 1.807) is 0 Å². The third-order valence-corrected chi connectivity index (χ3v) is 7.58. The van der Waals surface area contributed by atoms with Crippen molar-refractivity contribution in [3.8, 4) is 0 Å². The van der Waals surface area contributed by atoms with Crippen molar-refractivity contribution >= 4 is 5.97 Å². The molecule has 0 bridgehead atoms. The molecular formula is C20H30O2. The molecule has 0 aromatic carbocycles. The lowest BCUT2D eigenvalue weighted by Crippen LogP contribution is -2.56. The smallest absolute Gasteiger partial charge is 0.309 e. The van der Waals surface area contributed by atoms with E-state index >= 15 is 0 Å². The number of carbonyl (C=O) groups is 1. The molecule has 122 valence electrons. The number of carboxylic acid groups (broad SMARTS) is 1. The van der Waals surface area contributed by atoms with Gasteiger partial charge in [0.05, 0.1) is 5.41 Å². The van der Waals surface area contributed by atoms with E-state index in [2.05, 4.69) is 26.2 Å². The van der Waals surface area contributed by atoms with Gasteiger partial charge in [0.15, 0.2) is 0 Å². The van der Waals surface area contributed by atoms with Crippen LogP contribution in [0.3, 0.4) is 0 Å². The predicted octanol–water partition coefficient (Wildman–Crippen LogP) is 5.06. The molecule has 22 heavy (non-hydrogen) atoms. The zero-order valence-electron chi connectivity index (χ0n) is 14.1. The molecule has 0 unspecified atom stereocenters. The summed E-state index contributed by atoms with van der Waals surface area (Å²) in [6.07, 6.45) is 9.67. The van der Waals surface area contributed by atoms with Crippen LogP contribution in [-0.2, 0) is 4.79 Å². The summed E-state index contributed by atoms with van der Waals surface area (Å²) in [6.45, 7) is 12.7. The first kappa shape index (κ1) is 15.8. The van der Waals surface area contributed by atoms with Gasteiger partial charge in [0.25, 0.3) is 0 Å². The standard InChI is InChI=1S/C20H30O2/c1-5-14-13(2)7-9-16-15(14)8-10-17-19(16,3)11-6-12-20(17,4)18(21)22/h5,14-17H,1-2,6-12H2,3-4H3,(H,21,22)/t14-,15-,16+,17+,19+,20+/m0/s1. The number of hydrogen-bond acceptors (Lipinski definition) is 1. The molecule has 3 saturated carbocycles. The lowest BCUT2D eigenvalue weighted by atomic mass is 9.43. The van der Waals surface area contributed by atoms with Crippen LogP contribution in [0.15, 0.2) is 24.8 Å². The highest BCUT2D eigenvalue weighted by Gasteiger charge is 2.59. The molecule has 0 saturated heterocycles. The van der Waals surface area contributed by atoms with Crippen LogP contribution in [0, 0.1) is 34.5 Å². The fourth-order valence-corrected chi connectivity index (χ4v) is 6.44. The van der Waals surface area contributed by atoms with E-state index in [-0.39, 0.29) is 5.41 Å².